The molecular formula is C31H31N3O5. The van der Waals surface area contributed by atoms with Gasteiger partial charge in [-0.25, -0.2) is 4.98 Å². The average Bonchev–Trinajstić information content (AvgIpc) is 3.42. The van der Waals surface area contributed by atoms with Gasteiger partial charge in [0.25, 0.3) is 11.7 Å². The Morgan fingerprint density at radius 2 is 1.82 bits per heavy atom. The minimum atomic E-state index is -0.799. The number of hydrogen-bond acceptors (Lipinski definition) is 6. The normalized spacial score (nSPS) is 16.8. The van der Waals surface area contributed by atoms with Crippen molar-refractivity contribution in [2.75, 3.05) is 20.3 Å². The van der Waals surface area contributed by atoms with Gasteiger partial charge in [0.1, 0.15) is 23.7 Å². The van der Waals surface area contributed by atoms with Crippen LogP contribution in [0.4, 0.5) is 0 Å². The molecule has 4 aromatic rings. The first-order valence-electron chi connectivity index (χ1n) is 12.9. The number of hydrogen-bond donors (Lipinski definition) is 1. The number of amides is 1. The lowest BCUT2D eigenvalue weighted by Crippen LogP contribution is -2.31. The molecule has 0 aliphatic carbocycles. The molecule has 0 radical (unpaired) electrons. The van der Waals surface area contributed by atoms with E-state index in [0.29, 0.717) is 42.3 Å². The number of fused-ring (bicyclic) bond motifs is 1. The number of ketones is 1. The van der Waals surface area contributed by atoms with Gasteiger partial charge in [0.05, 0.1) is 17.3 Å². The molecule has 8 heteroatoms. The second kappa shape index (κ2) is 11.1. The van der Waals surface area contributed by atoms with Crippen LogP contribution in [-0.2, 0) is 20.9 Å². The number of aryl methyl sites for hydroxylation is 2. The zero-order valence-electron chi connectivity index (χ0n) is 22.3. The highest BCUT2D eigenvalue weighted by molar-refractivity contribution is 6.46. The van der Waals surface area contributed by atoms with Crippen LogP contribution in [0.3, 0.4) is 0 Å². The molecule has 1 N–H and O–H groups in total. The third-order valence-electron chi connectivity index (χ3n) is 7.02. The molecule has 1 atom stereocenters. The van der Waals surface area contributed by atoms with Crippen molar-refractivity contribution in [2.24, 2.45) is 0 Å². The Morgan fingerprint density at radius 1 is 1.03 bits per heavy atom. The van der Waals surface area contributed by atoms with E-state index in [9.17, 15) is 14.7 Å². The molecule has 0 bridgehead atoms. The highest BCUT2D eigenvalue weighted by Crippen LogP contribution is 2.40. The number of benzene rings is 2. The van der Waals surface area contributed by atoms with E-state index in [1.807, 2.05) is 91.2 Å². The molecule has 1 aliphatic heterocycles. The van der Waals surface area contributed by atoms with Crippen LogP contribution in [0.15, 0.2) is 78.5 Å². The first-order chi connectivity index (χ1) is 18.9. The molecule has 0 spiro atoms. The van der Waals surface area contributed by atoms with E-state index in [1.54, 1.807) is 7.11 Å². The second-order valence-electron chi connectivity index (χ2n) is 9.62. The van der Waals surface area contributed by atoms with Crippen molar-refractivity contribution in [1.29, 1.82) is 0 Å². The van der Waals surface area contributed by atoms with Gasteiger partial charge in [0.2, 0.25) is 0 Å². The minimum Gasteiger partial charge on any atom is -0.505 e. The molecule has 0 saturated carbocycles. The van der Waals surface area contributed by atoms with Gasteiger partial charge in [0, 0.05) is 26.5 Å². The maximum atomic E-state index is 13.4. The fraction of sp³-hybridized carbons (Fsp3) is 0.258. The van der Waals surface area contributed by atoms with E-state index < -0.39 is 17.7 Å². The highest BCUT2D eigenvalue weighted by atomic mass is 16.5. The van der Waals surface area contributed by atoms with Gasteiger partial charge in [-0.2, -0.15) is 0 Å². The molecule has 1 fully saturated rings. The van der Waals surface area contributed by atoms with Crippen molar-refractivity contribution in [2.45, 2.75) is 32.9 Å². The summed E-state index contributed by atoms with van der Waals surface area (Å²) in [5.74, 6) is -1.09. The molecule has 3 heterocycles. The molecule has 1 unspecified atom stereocenters. The maximum Gasteiger partial charge on any atom is 0.295 e. The van der Waals surface area contributed by atoms with Gasteiger partial charge in [-0.15, -0.1) is 0 Å². The summed E-state index contributed by atoms with van der Waals surface area (Å²) in [5.41, 5.74) is 4.26. The zero-order chi connectivity index (χ0) is 27.5. The number of pyridine rings is 1. The van der Waals surface area contributed by atoms with Crippen molar-refractivity contribution in [3.05, 3.63) is 107 Å². The summed E-state index contributed by atoms with van der Waals surface area (Å²) in [6, 6.07) is 20.1. The van der Waals surface area contributed by atoms with Crippen molar-refractivity contribution in [3.8, 4) is 5.75 Å². The Labute approximate surface area is 227 Å². The number of likely N-dealkylation sites (tertiary alicyclic amines) is 1. The van der Waals surface area contributed by atoms with E-state index in [4.69, 9.17) is 9.47 Å². The summed E-state index contributed by atoms with van der Waals surface area (Å²) in [7, 11) is 1.59. The summed E-state index contributed by atoms with van der Waals surface area (Å²) in [4.78, 5) is 32.9. The Balaban J connectivity index is 1.58. The first-order valence-corrected chi connectivity index (χ1v) is 12.9. The van der Waals surface area contributed by atoms with Crippen LogP contribution in [0.5, 0.6) is 5.75 Å². The number of Topliss-reactive ketones (excluding diaryl/α,β-unsaturated/α-hetero) is 1. The fourth-order valence-corrected chi connectivity index (χ4v) is 5.03. The van der Waals surface area contributed by atoms with Gasteiger partial charge < -0.3 is 23.9 Å². The number of rotatable bonds is 9. The quantitative estimate of drug-likeness (QED) is 0.143. The number of ether oxygens (including phenoxy) is 2. The summed E-state index contributed by atoms with van der Waals surface area (Å²) < 4.78 is 13.1. The summed E-state index contributed by atoms with van der Waals surface area (Å²) in [5, 5.41) is 11.6. The summed E-state index contributed by atoms with van der Waals surface area (Å²) >= 11 is 0. The Morgan fingerprint density at radius 3 is 2.56 bits per heavy atom. The number of aromatic nitrogens is 2. The Hall–Kier alpha value is -4.43. The first kappa shape index (κ1) is 26.2. The Bertz CT molecular complexity index is 1560. The highest BCUT2D eigenvalue weighted by Gasteiger charge is 2.46. The lowest BCUT2D eigenvalue weighted by atomic mass is 9.96. The van der Waals surface area contributed by atoms with Crippen LogP contribution in [-0.4, -0.2) is 51.3 Å². The lowest BCUT2D eigenvalue weighted by molar-refractivity contribution is -0.140. The number of nitrogens with zero attached hydrogens (tertiary/aromatic N) is 3. The van der Waals surface area contributed by atoms with Crippen molar-refractivity contribution in [3.63, 3.8) is 0 Å². The summed E-state index contributed by atoms with van der Waals surface area (Å²) in [6.45, 7) is 4.86. The maximum absolute atomic E-state index is 13.4. The molecule has 200 valence electrons. The van der Waals surface area contributed by atoms with Gasteiger partial charge in [-0.05, 0) is 55.2 Å². The largest absolute Gasteiger partial charge is 0.505 e. The van der Waals surface area contributed by atoms with Gasteiger partial charge >= 0.3 is 0 Å². The van der Waals surface area contributed by atoms with Crippen molar-refractivity contribution in [1.82, 2.24) is 14.3 Å². The summed E-state index contributed by atoms with van der Waals surface area (Å²) in [6.07, 6.45) is 2.40. The Kier molecular flexibility index (Phi) is 7.47. The lowest BCUT2D eigenvalue weighted by Gasteiger charge is -2.25. The fourth-order valence-electron chi connectivity index (χ4n) is 5.03. The monoisotopic (exact) mass is 525 g/mol. The number of aliphatic hydroxyl groups is 1. The molecular weight excluding hydrogens is 494 g/mol. The van der Waals surface area contributed by atoms with Gasteiger partial charge in [-0.3, -0.25) is 9.59 Å². The van der Waals surface area contributed by atoms with Crippen LogP contribution in [0, 0.1) is 13.8 Å². The smallest absolute Gasteiger partial charge is 0.295 e. The molecule has 1 amide bonds. The molecule has 8 nitrogen and oxygen atoms in total. The number of carbonyl (C=O) groups excluding carboxylic acids is 2. The van der Waals surface area contributed by atoms with Gasteiger partial charge in [-0.1, -0.05) is 48.5 Å². The molecule has 1 aliphatic rings. The SMILES string of the molecule is COCCCN1C(=O)C(=O)C(=C(O)c2nc3c(C)cccn3c2C)C1c1cccc(OCc2ccccc2)c1. The predicted octanol–water partition coefficient (Wildman–Crippen LogP) is 4.99. The number of aliphatic hydroxyl groups excluding tert-OH is 1. The van der Waals surface area contributed by atoms with Crippen LogP contribution < -0.4 is 4.74 Å². The van der Waals surface area contributed by atoms with Crippen LogP contribution in [0.1, 0.15) is 40.5 Å². The molecule has 39 heavy (non-hydrogen) atoms. The number of carbonyl (C=O) groups is 2. The average molecular weight is 526 g/mol. The standard InChI is InChI=1S/C31H31N3O5/c1-20-10-8-15-33-21(2)26(32-30(20)33)28(35)25-27(34(16-9-17-38-3)31(37)29(25)36)23-13-7-14-24(18-23)39-19-22-11-5-4-6-12-22/h4-8,10-15,18,27,35H,9,16-17,19H2,1-3H3. The van der Waals surface area contributed by atoms with Crippen LogP contribution >= 0.6 is 0 Å². The number of imidazole rings is 1. The van der Waals surface area contributed by atoms with Crippen LogP contribution in [0.25, 0.3) is 11.4 Å². The van der Waals surface area contributed by atoms with Crippen LogP contribution in [0.2, 0.25) is 0 Å². The van der Waals surface area contributed by atoms with Crippen molar-refractivity contribution >= 4 is 23.1 Å². The third kappa shape index (κ3) is 5.03. The van der Waals surface area contributed by atoms with E-state index in [1.165, 1.54) is 4.90 Å². The van der Waals surface area contributed by atoms with E-state index >= 15 is 0 Å². The van der Waals surface area contributed by atoms with E-state index in [-0.39, 0.29) is 23.6 Å². The zero-order valence-corrected chi connectivity index (χ0v) is 22.3. The topological polar surface area (TPSA) is 93.4 Å². The predicted molar refractivity (Wildman–Crippen MR) is 147 cm³/mol. The van der Waals surface area contributed by atoms with E-state index in [0.717, 1.165) is 11.1 Å². The molecule has 5 rings (SSSR count). The van der Waals surface area contributed by atoms with E-state index in [2.05, 4.69) is 4.98 Å². The number of methoxy groups -OCH3 is 1. The van der Waals surface area contributed by atoms with Gasteiger partial charge in [0.15, 0.2) is 5.76 Å². The minimum absolute atomic E-state index is 0.0155. The second-order valence-corrected chi connectivity index (χ2v) is 9.62. The molecule has 2 aromatic heterocycles. The van der Waals surface area contributed by atoms with Crippen molar-refractivity contribution < 1.29 is 24.2 Å². The molecule has 2 aromatic carbocycles. The molecule has 1 saturated heterocycles. The third-order valence-corrected chi connectivity index (χ3v) is 7.02.